The first-order valence-corrected chi connectivity index (χ1v) is 11.7. The molecule has 0 aliphatic carbocycles. The van der Waals surface area contributed by atoms with Gasteiger partial charge < -0.3 is 37.7 Å². The van der Waals surface area contributed by atoms with Crippen LogP contribution in [0.15, 0.2) is 61.6 Å². The molecule has 0 amide bonds. The summed E-state index contributed by atoms with van der Waals surface area (Å²) in [6.07, 6.45) is 5.32. The summed E-state index contributed by atoms with van der Waals surface area (Å²) in [5.41, 5.74) is 21.1. The van der Waals surface area contributed by atoms with Gasteiger partial charge in [-0.3, -0.25) is 0 Å². The van der Waals surface area contributed by atoms with Crippen molar-refractivity contribution < 1.29 is 0 Å². The summed E-state index contributed by atoms with van der Waals surface area (Å²) in [7, 11) is 2.12. The topological polar surface area (TPSA) is 121 Å². The van der Waals surface area contributed by atoms with Crippen molar-refractivity contribution >= 4 is 10.9 Å². The molecule has 33 heavy (non-hydrogen) atoms. The van der Waals surface area contributed by atoms with Crippen molar-refractivity contribution in [2.24, 2.45) is 17.2 Å². The van der Waals surface area contributed by atoms with Gasteiger partial charge in [-0.2, -0.15) is 0 Å². The number of aryl methyl sites for hydroxylation is 1. The lowest BCUT2D eigenvalue weighted by Gasteiger charge is -2.26. The van der Waals surface area contributed by atoms with Crippen LogP contribution in [0.3, 0.4) is 0 Å². The largest absolute Gasteiger partial charge is 0.386 e. The molecule has 7 nitrogen and oxygen atoms in total. The molecule has 7 heteroatoms. The van der Waals surface area contributed by atoms with E-state index >= 15 is 0 Å². The Morgan fingerprint density at radius 2 is 2.06 bits per heavy atom. The van der Waals surface area contributed by atoms with E-state index in [4.69, 9.17) is 17.2 Å². The van der Waals surface area contributed by atoms with Crippen LogP contribution in [-0.2, 0) is 13.0 Å². The number of hydrogen-bond donors (Lipinski definition) is 6. The third kappa shape index (κ3) is 11.6. The molecule has 1 fully saturated rings. The summed E-state index contributed by atoms with van der Waals surface area (Å²) in [4.78, 5) is 5.63. The highest BCUT2D eigenvalue weighted by atomic mass is 15.1. The lowest BCUT2D eigenvalue weighted by atomic mass is 10.1. The molecule has 9 N–H and O–H groups in total. The maximum atomic E-state index is 5.68. The van der Waals surface area contributed by atoms with Gasteiger partial charge in [0.15, 0.2) is 0 Å². The molecule has 1 aliphatic rings. The number of piperidine rings is 1. The lowest BCUT2D eigenvalue weighted by molar-refractivity contribution is 0.252. The molecule has 1 aromatic heterocycles. The second kappa shape index (κ2) is 15.2. The fourth-order valence-corrected chi connectivity index (χ4v) is 3.50. The number of fused-ring (bicyclic) bond motifs is 1. The number of aromatic nitrogens is 1. The van der Waals surface area contributed by atoms with E-state index in [0.717, 1.165) is 29.9 Å². The monoisotopic (exact) mass is 455 g/mol. The number of benzene rings is 1. The van der Waals surface area contributed by atoms with Crippen LogP contribution < -0.4 is 27.8 Å². The Kier molecular flexibility index (Phi) is 13.0. The van der Waals surface area contributed by atoms with Gasteiger partial charge in [0, 0.05) is 36.0 Å². The van der Waals surface area contributed by atoms with E-state index < -0.39 is 0 Å². The standard InChI is InChI=1S/C13H17N3.C7H14N2.C6H14N2/c1-3-10-4-5-13-11(6-10)7-12(16-13)8-15-9(2)14;1-4-7(5-8)9-6(2)3;1-8-4-2-3-6(7)5-8/h4-7,15-16H,2-3,8,14H2,1H3;4,7,9H,1-2,5,8H2,3H3;6H,2-5,7H2,1H3. The Balaban J connectivity index is 0.000000273. The first-order valence-electron chi connectivity index (χ1n) is 11.7. The van der Waals surface area contributed by atoms with E-state index in [1.807, 2.05) is 6.92 Å². The van der Waals surface area contributed by atoms with Gasteiger partial charge in [-0.1, -0.05) is 32.2 Å². The Morgan fingerprint density at radius 1 is 1.33 bits per heavy atom. The molecule has 0 saturated carbocycles. The van der Waals surface area contributed by atoms with E-state index in [-0.39, 0.29) is 6.04 Å². The number of H-pyrrole nitrogens is 1. The zero-order chi connectivity index (χ0) is 24.8. The minimum absolute atomic E-state index is 0.169. The number of likely N-dealkylation sites (tertiary alicyclic amines) is 1. The van der Waals surface area contributed by atoms with Gasteiger partial charge in [-0.05, 0) is 68.9 Å². The van der Waals surface area contributed by atoms with Crippen LogP contribution in [0, 0.1) is 0 Å². The van der Waals surface area contributed by atoms with Gasteiger partial charge in [-0.25, -0.2) is 0 Å². The molecule has 184 valence electrons. The van der Waals surface area contributed by atoms with Gasteiger partial charge in [0.1, 0.15) is 0 Å². The molecule has 2 heterocycles. The number of hydrogen-bond acceptors (Lipinski definition) is 6. The SMILES string of the molecule is C=C(N)NCc1cc2cc(CC)ccc2[nH]1.C=CC(CN)NC(=C)C.CN1CCCC(N)C1. The number of allylic oxidation sites excluding steroid dienone is 1. The van der Waals surface area contributed by atoms with Gasteiger partial charge in [-0.15, -0.1) is 6.58 Å². The van der Waals surface area contributed by atoms with E-state index in [2.05, 4.69) is 78.5 Å². The van der Waals surface area contributed by atoms with Crippen molar-refractivity contribution in [3.63, 3.8) is 0 Å². The third-order valence-electron chi connectivity index (χ3n) is 5.29. The Morgan fingerprint density at radius 3 is 2.52 bits per heavy atom. The molecule has 1 saturated heterocycles. The maximum absolute atomic E-state index is 5.68. The molecule has 0 spiro atoms. The van der Waals surface area contributed by atoms with Crippen LogP contribution in [0.2, 0.25) is 0 Å². The maximum Gasteiger partial charge on any atom is 0.0889 e. The summed E-state index contributed by atoms with van der Waals surface area (Å²) in [5, 5.41) is 7.29. The second-order valence-corrected chi connectivity index (χ2v) is 8.62. The van der Waals surface area contributed by atoms with E-state index in [9.17, 15) is 0 Å². The van der Waals surface area contributed by atoms with Crippen LogP contribution >= 0.6 is 0 Å². The molecular weight excluding hydrogens is 410 g/mol. The first-order chi connectivity index (χ1) is 15.7. The summed E-state index contributed by atoms with van der Waals surface area (Å²) >= 11 is 0. The van der Waals surface area contributed by atoms with Crippen molar-refractivity contribution in [1.82, 2.24) is 20.5 Å². The van der Waals surface area contributed by atoms with Crippen LogP contribution in [0.4, 0.5) is 0 Å². The Bertz CT molecular complexity index is 863. The first kappa shape index (κ1) is 28.3. The quantitative estimate of drug-likeness (QED) is 0.341. The number of aromatic amines is 1. The predicted octanol–water partition coefficient (Wildman–Crippen LogP) is 2.91. The number of nitrogens with zero attached hydrogens (tertiary/aromatic N) is 1. The second-order valence-electron chi connectivity index (χ2n) is 8.62. The number of nitrogens with two attached hydrogens (primary N) is 3. The number of nitrogens with one attached hydrogen (secondary N) is 3. The van der Waals surface area contributed by atoms with Crippen LogP contribution in [0.1, 0.15) is 37.9 Å². The average molecular weight is 456 g/mol. The average Bonchev–Trinajstić information content (AvgIpc) is 3.18. The van der Waals surface area contributed by atoms with Crippen molar-refractivity contribution in [3.05, 3.63) is 72.9 Å². The zero-order valence-electron chi connectivity index (χ0n) is 20.8. The lowest BCUT2D eigenvalue weighted by Crippen LogP contribution is -2.40. The van der Waals surface area contributed by atoms with Crippen molar-refractivity contribution in [2.75, 3.05) is 26.7 Å². The zero-order valence-corrected chi connectivity index (χ0v) is 20.8. The highest BCUT2D eigenvalue weighted by Crippen LogP contribution is 2.17. The summed E-state index contributed by atoms with van der Waals surface area (Å²) < 4.78 is 0. The van der Waals surface area contributed by atoms with Gasteiger partial charge in [0.05, 0.1) is 18.4 Å². The summed E-state index contributed by atoms with van der Waals surface area (Å²) in [6.45, 7) is 18.5. The fraction of sp³-hybridized carbons (Fsp3) is 0.462. The van der Waals surface area contributed by atoms with E-state index in [0.29, 0.717) is 25.0 Å². The molecular formula is C26H45N7. The van der Waals surface area contributed by atoms with E-state index in [1.165, 1.54) is 30.3 Å². The van der Waals surface area contributed by atoms with Crippen LogP contribution in [0.5, 0.6) is 0 Å². The molecule has 2 atom stereocenters. The van der Waals surface area contributed by atoms with Crippen molar-refractivity contribution in [1.29, 1.82) is 0 Å². The minimum Gasteiger partial charge on any atom is -0.386 e. The van der Waals surface area contributed by atoms with Crippen molar-refractivity contribution in [2.45, 2.75) is 51.7 Å². The molecule has 3 rings (SSSR count). The number of likely N-dealkylation sites (N-methyl/N-ethyl adjacent to an activating group) is 1. The van der Waals surface area contributed by atoms with E-state index in [1.54, 1.807) is 6.08 Å². The van der Waals surface area contributed by atoms with Crippen LogP contribution in [0.25, 0.3) is 10.9 Å². The summed E-state index contributed by atoms with van der Waals surface area (Å²) in [6, 6.07) is 9.24. The predicted molar refractivity (Wildman–Crippen MR) is 144 cm³/mol. The molecule has 2 aromatic rings. The van der Waals surface area contributed by atoms with Gasteiger partial charge >= 0.3 is 0 Å². The molecule has 1 aliphatic heterocycles. The highest BCUT2D eigenvalue weighted by Gasteiger charge is 2.11. The third-order valence-corrected chi connectivity index (χ3v) is 5.29. The molecule has 0 bridgehead atoms. The normalized spacial score (nSPS) is 16.5. The van der Waals surface area contributed by atoms with Gasteiger partial charge in [0.2, 0.25) is 0 Å². The Labute approximate surface area is 200 Å². The summed E-state index contributed by atoms with van der Waals surface area (Å²) in [5.74, 6) is 0.493. The van der Waals surface area contributed by atoms with Crippen molar-refractivity contribution in [3.8, 4) is 0 Å². The fourth-order valence-electron chi connectivity index (χ4n) is 3.50. The molecule has 1 aromatic carbocycles. The highest BCUT2D eigenvalue weighted by molar-refractivity contribution is 5.81. The number of rotatable bonds is 8. The molecule has 2 unspecified atom stereocenters. The van der Waals surface area contributed by atoms with Gasteiger partial charge in [0.25, 0.3) is 0 Å². The molecule has 0 radical (unpaired) electrons. The van der Waals surface area contributed by atoms with Crippen LogP contribution in [-0.4, -0.2) is 48.6 Å². The Hall–Kier alpha value is -2.74. The minimum atomic E-state index is 0.169. The smallest absolute Gasteiger partial charge is 0.0889 e.